The molecule has 0 unspecified atom stereocenters. The van der Waals surface area contributed by atoms with Crippen molar-refractivity contribution in [2.75, 3.05) is 6.26 Å². The first-order chi connectivity index (χ1) is 11.7. The Morgan fingerprint density at radius 1 is 1.12 bits per heavy atom. The van der Waals surface area contributed by atoms with E-state index in [-0.39, 0.29) is 17.3 Å². The van der Waals surface area contributed by atoms with Gasteiger partial charge in [-0.2, -0.15) is 5.10 Å². The molecule has 4 nitrogen and oxygen atoms in total. The van der Waals surface area contributed by atoms with E-state index in [0.29, 0.717) is 6.26 Å². The third-order valence-corrected chi connectivity index (χ3v) is 5.45. The first kappa shape index (κ1) is 17.9. The third-order valence-electron chi connectivity index (χ3n) is 4.31. The van der Waals surface area contributed by atoms with Gasteiger partial charge in [-0.05, 0) is 31.0 Å². The van der Waals surface area contributed by atoms with E-state index in [4.69, 9.17) is 0 Å². The van der Waals surface area contributed by atoms with Crippen LogP contribution in [0.5, 0.6) is 0 Å². The van der Waals surface area contributed by atoms with E-state index in [0.717, 1.165) is 43.9 Å². The van der Waals surface area contributed by atoms with Crippen molar-refractivity contribution in [1.82, 2.24) is 9.78 Å². The van der Waals surface area contributed by atoms with Gasteiger partial charge < -0.3 is 0 Å². The van der Waals surface area contributed by atoms with Gasteiger partial charge in [-0.3, -0.25) is 4.68 Å². The summed E-state index contributed by atoms with van der Waals surface area (Å²) >= 11 is 0. The van der Waals surface area contributed by atoms with Gasteiger partial charge in [0.05, 0.1) is 11.7 Å². The van der Waals surface area contributed by atoms with Crippen molar-refractivity contribution in [2.45, 2.75) is 43.0 Å². The van der Waals surface area contributed by atoms with E-state index in [1.165, 1.54) is 4.68 Å². The second kappa shape index (κ2) is 6.44. The minimum atomic E-state index is -4.09. The molecule has 0 aliphatic heterocycles. The van der Waals surface area contributed by atoms with E-state index in [1.54, 1.807) is 0 Å². The zero-order chi connectivity index (χ0) is 18.4. The second-order valence-electron chi connectivity index (χ2n) is 6.18. The molecule has 1 aliphatic carbocycles. The molecule has 136 valence electrons. The van der Waals surface area contributed by atoms with Crippen LogP contribution >= 0.6 is 0 Å². The first-order valence-corrected chi connectivity index (χ1v) is 9.64. The molecule has 0 spiro atoms. The minimum absolute atomic E-state index is 0.0197. The summed E-state index contributed by atoms with van der Waals surface area (Å²) in [7, 11) is -4.09. The van der Waals surface area contributed by atoms with Crippen LogP contribution in [0.1, 0.15) is 43.8 Å². The SMILES string of the molecule is CS(=O)(=O)c1c(F)cc(-c2cc(C(F)F)nn2C2CCCC2)cc1F. The van der Waals surface area contributed by atoms with Crippen LogP contribution in [0.3, 0.4) is 0 Å². The smallest absolute Gasteiger partial charge is 0.261 e. The largest absolute Gasteiger partial charge is 0.282 e. The maximum Gasteiger partial charge on any atom is 0.282 e. The van der Waals surface area contributed by atoms with Crippen molar-refractivity contribution in [1.29, 1.82) is 0 Å². The molecular weight excluding hydrogens is 360 g/mol. The Kier molecular flexibility index (Phi) is 4.61. The van der Waals surface area contributed by atoms with E-state index in [2.05, 4.69) is 5.10 Å². The van der Waals surface area contributed by atoms with Gasteiger partial charge in [0.15, 0.2) is 9.84 Å². The standard InChI is InChI=1S/C16H16F4N2O2S/c1-25(23,24)15-11(17)6-9(7-12(15)18)14-8-13(16(19)20)21-22(14)10-4-2-3-5-10/h6-8,10,16H,2-5H2,1H3. The lowest BCUT2D eigenvalue weighted by Crippen LogP contribution is -2.10. The van der Waals surface area contributed by atoms with Gasteiger partial charge in [-0.25, -0.2) is 26.0 Å². The van der Waals surface area contributed by atoms with E-state index in [9.17, 15) is 26.0 Å². The number of sulfone groups is 1. The highest BCUT2D eigenvalue weighted by atomic mass is 32.2. The van der Waals surface area contributed by atoms with Gasteiger partial charge in [0.25, 0.3) is 6.43 Å². The highest BCUT2D eigenvalue weighted by molar-refractivity contribution is 7.90. The lowest BCUT2D eigenvalue weighted by molar-refractivity contribution is 0.144. The number of halogens is 4. The van der Waals surface area contributed by atoms with Crippen LogP contribution in [0, 0.1) is 11.6 Å². The van der Waals surface area contributed by atoms with E-state index >= 15 is 0 Å². The highest BCUT2D eigenvalue weighted by Gasteiger charge is 2.27. The fourth-order valence-electron chi connectivity index (χ4n) is 3.22. The molecule has 3 rings (SSSR count). The molecule has 1 aliphatic rings. The molecule has 0 saturated heterocycles. The van der Waals surface area contributed by atoms with E-state index in [1.807, 2.05) is 0 Å². The number of alkyl halides is 2. The van der Waals surface area contributed by atoms with Gasteiger partial charge in [0.1, 0.15) is 22.2 Å². The van der Waals surface area contributed by atoms with Gasteiger partial charge in [-0.15, -0.1) is 0 Å². The molecule has 0 atom stereocenters. The number of aromatic nitrogens is 2. The molecule has 0 bridgehead atoms. The Balaban J connectivity index is 2.16. The summed E-state index contributed by atoms with van der Waals surface area (Å²) in [5, 5.41) is 3.90. The zero-order valence-electron chi connectivity index (χ0n) is 13.3. The highest BCUT2D eigenvalue weighted by Crippen LogP contribution is 2.36. The normalized spacial score (nSPS) is 16.1. The monoisotopic (exact) mass is 376 g/mol. The average molecular weight is 376 g/mol. The fraction of sp³-hybridized carbons (Fsp3) is 0.438. The Labute approximate surface area is 142 Å². The summed E-state index contributed by atoms with van der Waals surface area (Å²) in [4.78, 5) is -1.03. The van der Waals surface area contributed by atoms with Gasteiger partial charge in [0, 0.05) is 11.8 Å². The number of hydrogen-bond donors (Lipinski definition) is 0. The number of nitrogens with zero attached hydrogens (tertiary/aromatic N) is 2. The van der Waals surface area contributed by atoms with Crippen molar-refractivity contribution in [2.24, 2.45) is 0 Å². The lowest BCUT2D eigenvalue weighted by atomic mass is 10.1. The fourth-order valence-corrected chi connectivity index (χ4v) is 4.05. The Morgan fingerprint density at radius 3 is 2.16 bits per heavy atom. The van der Waals surface area contributed by atoms with Crippen LogP contribution in [0.25, 0.3) is 11.3 Å². The van der Waals surface area contributed by atoms with Crippen LogP contribution in [0.2, 0.25) is 0 Å². The Hall–Kier alpha value is -1.90. The van der Waals surface area contributed by atoms with Gasteiger partial charge >= 0.3 is 0 Å². The third kappa shape index (κ3) is 3.42. The summed E-state index contributed by atoms with van der Waals surface area (Å²) in [5.41, 5.74) is -0.344. The summed E-state index contributed by atoms with van der Waals surface area (Å²) in [6, 6.07) is 2.66. The molecule has 9 heteroatoms. The van der Waals surface area contributed by atoms with Crippen molar-refractivity contribution in [3.05, 3.63) is 35.5 Å². The molecule has 2 aromatic rings. The summed E-state index contributed by atoms with van der Waals surface area (Å²) < 4.78 is 78.8. The quantitative estimate of drug-likeness (QED) is 0.749. The lowest BCUT2D eigenvalue weighted by Gasteiger charge is -2.15. The molecule has 0 N–H and O–H groups in total. The molecule has 1 fully saturated rings. The second-order valence-corrected chi connectivity index (χ2v) is 8.13. The van der Waals surface area contributed by atoms with Crippen LogP contribution in [0.4, 0.5) is 17.6 Å². The predicted octanol–water partition coefficient (Wildman–Crippen LogP) is 4.28. The summed E-state index contributed by atoms with van der Waals surface area (Å²) in [6.07, 6.45) is 1.21. The van der Waals surface area contributed by atoms with Crippen molar-refractivity contribution >= 4 is 9.84 Å². The van der Waals surface area contributed by atoms with Crippen LogP contribution in [-0.2, 0) is 9.84 Å². The van der Waals surface area contributed by atoms with Crippen molar-refractivity contribution in [3.8, 4) is 11.3 Å². The van der Waals surface area contributed by atoms with Gasteiger partial charge in [-0.1, -0.05) is 12.8 Å². The Morgan fingerprint density at radius 2 is 1.68 bits per heavy atom. The van der Waals surface area contributed by atoms with Crippen LogP contribution in [-0.4, -0.2) is 24.5 Å². The molecule has 1 saturated carbocycles. The minimum Gasteiger partial charge on any atom is -0.261 e. The predicted molar refractivity (Wildman–Crippen MR) is 83.2 cm³/mol. The molecule has 1 heterocycles. The zero-order valence-corrected chi connectivity index (χ0v) is 14.2. The maximum absolute atomic E-state index is 14.2. The molecule has 0 amide bonds. The van der Waals surface area contributed by atoms with Crippen molar-refractivity contribution in [3.63, 3.8) is 0 Å². The van der Waals surface area contributed by atoms with Crippen molar-refractivity contribution < 1.29 is 26.0 Å². The molecule has 1 aromatic carbocycles. The van der Waals surface area contributed by atoms with E-state index < -0.39 is 38.5 Å². The molecule has 25 heavy (non-hydrogen) atoms. The average Bonchev–Trinajstić information content (AvgIpc) is 3.14. The van der Waals surface area contributed by atoms with Crippen LogP contribution < -0.4 is 0 Å². The number of benzene rings is 1. The molecule has 1 aromatic heterocycles. The summed E-state index contributed by atoms with van der Waals surface area (Å²) in [5.74, 6) is -2.51. The topological polar surface area (TPSA) is 52.0 Å². The first-order valence-electron chi connectivity index (χ1n) is 7.75. The van der Waals surface area contributed by atoms with Crippen LogP contribution in [0.15, 0.2) is 23.1 Å². The summed E-state index contributed by atoms with van der Waals surface area (Å²) in [6.45, 7) is 0. The Bertz CT molecular complexity index is 880. The maximum atomic E-state index is 14.2. The van der Waals surface area contributed by atoms with Gasteiger partial charge in [0.2, 0.25) is 0 Å². The number of hydrogen-bond acceptors (Lipinski definition) is 3. The number of rotatable bonds is 4. The molecule has 0 radical (unpaired) electrons. The molecular formula is C16H16F4N2O2S.